The maximum atomic E-state index is 4.07. The second-order valence-corrected chi connectivity index (χ2v) is 3.76. The van der Waals surface area contributed by atoms with Crippen molar-refractivity contribution < 1.29 is 5.10 Å². The van der Waals surface area contributed by atoms with Crippen LogP contribution in [-0.4, -0.2) is 4.49 Å². The molecule has 1 aromatic heterocycles. The van der Waals surface area contributed by atoms with Crippen LogP contribution in [0.1, 0.15) is 0 Å². The number of rotatable bonds is 0. The molecule has 2 nitrogen and oxygen atoms in total. The minimum Gasteiger partial charge on any atom is -0.0861 e. The topological polar surface area (TPSA) is 27.0 Å². The molecule has 62 valence electrons. The Kier molecular flexibility index (Phi) is 1.34. The monoisotopic (exact) mass is 187 g/mol. The lowest BCUT2D eigenvalue weighted by atomic mass is 10.1. The third kappa shape index (κ3) is 0.939. The average Bonchev–Trinajstić information content (AvgIpc) is 2.65. The molecule has 3 aromatic rings. The van der Waals surface area contributed by atoms with Gasteiger partial charge in [0.1, 0.15) is 4.70 Å². The van der Waals surface area contributed by atoms with Gasteiger partial charge in [0, 0.05) is 11.5 Å². The van der Waals surface area contributed by atoms with Crippen LogP contribution in [0.5, 0.6) is 0 Å². The summed E-state index contributed by atoms with van der Waals surface area (Å²) in [6, 6.07) is 12.6. The SMILES string of the molecule is c1ccc2c(c1)ccc1sn[nH+]c12. The Morgan fingerprint density at radius 1 is 1.08 bits per heavy atom. The number of aromatic nitrogens is 2. The molecule has 0 amide bonds. The molecule has 3 rings (SSSR count). The quantitative estimate of drug-likeness (QED) is 0.530. The van der Waals surface area contributed by atoms with Crippen molar-refractivity contribution in [3.05, 3.63) is 36.4 Å². The van der Waals surface area contributed by atoms with Crippen LogP contribution < -0.4 is 5.10 Å². The Balaban J connectivity index is 2.65. The van der Waals surface area contributed by atoms with E-state index in [1.54, 1.807) is 0 Å². The lowest BCUT2D eigenvalue weighted by Gasteiger charge is -1.92. The minimum atomic E-state index is 1.14. The Labute approximate surface area is 79.0 Å². The van der Waals surface area contributed by atoms with Gasteiger partial charge in [0.25, 0.3) is 5.52 Å². The molecule has 1 N–H and O–H groups in total. The standard InChI is InChI=1S/C10H6N2S/c1-2-4-8-7(3-1)5-6-9-10(8)11-12-13-9/h1-6H/p+1. The summed E-state index contributed by atoms with van der Waals surface area (Å²) < 4.78 is 5.28. The van der Waals surface area contributed by atoms with Crippen molar-refractivity contribution in [2.24, 2.45) is 0 Å². The number of hydrogen-bond acceptors (Lipinski definition) is 2. The molecule has 0 bridgehead atoms. The molecular weight excluding hydrogens is 180 g/mol. The smallest absolute Gasteiger partial charge is 0.0861 e. The molecule has 1 heterocycles. The first kappa shape index (κ1) is 6.97. The number of fused-ring (bicyclic) bond motifs is 3. The molecule has 0 fully saturated rings. The third-order valence-electron chi connectivity index (χ3n) is 2.19. The highest BCUT2D eigenvalue weighted by Gasteiger charge is 2.07. The molecule has 13 heavy (non-hydrogen) atoms. The summed E-state index contributed by atoms with van der Waals surface area (Å²) >= 11 is 1.50. The van der Waals surface area contributed by atoms with E-state index in [1.165, 1.54) is 27.0 Å². The fraction of sp³-hybridized carbons (Fsp3) is 0. The van der Waals surface area contributed by atoms with E-state index in [1.807, 2.05) is 12.1 Å². The minimum absolute atomic E-state index is 1.14. The summed E-state index contributed by atoms with van der Waals surface area (Å²) in [6.45, 7) is 0. The summed E-state index contributed by atoms with van der Waals surface area (Å²) in [5.41, 5.74) is 1.14. The predicted octanol–water partition coefficient (Wildman–Crippen LogP) is 2.26. The van der Waals surface area contributed by atoms with Crippen molar-refractivity contribution in [2.45, 2.75) is 0 Å². The summed E-state index contributed by atoms with van der Waals surface area (Å²) in [5.74, 6) is 0. The largest absolute Gasteiger partial charge is 0.257 e. The van der Waals surface area contributed by atoms with Crippen LogP contribution in [0.15, 0.2) is 36.4 Å². The molecule has 0 saturated carbocycles. The molecule has 2 aromatic carbocycles. The molecule has 0 radical (unpaired) electrons. The Bertz CT molecular complexity index is 571. The number of nitrogens with zero attached hydrogens (tertiary/aromatic N) is 1. The third-order valence-corrected chi connectivity index (χ3v) is 2.91. The fourth-order valence-corrected chi connectivity index (χ4v) is 2.17. The molecule has 0 atom stereocenters. The number of H-pyrrole nitrogens is 1. The first-order valence-corrected chi connectivity index (χ1v) is 4.87. The van der Waals surface area contributed by atoms with Gasteiger partial charge in [-0.25, -0.2) is 0 Å². The van der Waals surface area contributed by atoms with Gasteiger partial charge in [0.15, 0.2) is 0 Å². The van der Waals surface area contributed by atoms with Gasteiger partial charge < -0.3 is 0 Å². The molecule has 0 aliphatic rings. The highest BCUT2D eigenvalue weighted by atomic mass is 32.1. The average molecular weight is 187 g/mol. The van der Waals surface area contributed by atoms with Crippen LogP contribution in [0.4, 0.5) is 0 Å². The molecule has 0 saturated heterocycles. The van der Waals surface area contributed by atoms with Crippen molar-refractivity contribution >= 4 is 32.5 Å². The number of nitrogens with one attached hydrogen (secondary N) is 1. The summed E-state index contributed by atoms with van der Waals surface area (Å²) in [7, 11) is 0. The highest BCUT2D eigenvalue weighted by Crippen LogP contribution is 2.22. The second kappa shape index (κ2) is 2.50. The Morgan fingerprint density at radius 2 is 2.00 bits per heavy atom. The van der Waals surface area contributed by atoms with E-state index in [-0.39, 0.29) is 0 Å². The van der Waals surface area contributed by atoms with E-state index < -0.39 is 0 Å². The van der Waals surface area contributed by atoms with Gasteiger partial charge in [0.05, 0.1) is 9.87 Å². The summed E-state index contributed by atoms with van der Waals surface area (Å²) in [4.78, 5) is 0. The van der Waals surface area contributed by atoms with Crippen molar-refractivity contribution in [1.82, 2.24) is 4.49 Å². The molecule has 0 unspecified atom stereocenters. The van der Waals surface area contributed by atoms with E-state index in [2.05, 4.69) is 33.9 Å². The molecule has 0 aliphatic heterocycles. The molecule has 0 aliphatic carbocycles. The van der Waals surface area contributed by atoms with Crippen LogP contribution >= 0.6 is 11.5 Å². The van der Waals surface area contributed by atoms with Gasteiger partial charge in [-0.1, -0.05) is 29.4 Å². The maximum absolute atomic E-state index is 4.07. The fourth-order valence-electron chi connectivity index (χ4n) is 1.56. The van der Waals surface area contributed by atoms with E-state index in [4.69, 9.17) is 0 Å². The first-order valence-electron chi connectivity index (χ1n) is 4.10. The van der Waals surface area contributed by atoms with Crippen molar-refractivity contribution in [2.75, 3.05) is 0 Å². The molecule has 3 heteroatoms. The summed E-state index contributed by atoms with van der Waals surface area (Å²) in [5, 5.41) is 5.53. The number of hydrogen-bond donors (Lipinski definition) is 0. The zero-order valence-corrected chi connectivity index (χ0v) is 7.64. The maximum Gasteiger partial charge on any atom is 0.257 e. The van der Waals surface area contributed by atoms with Gasteiger partial charge in [-0.3, -0.25) is 0 Å². The van der Waals surface area contributed by atoms with Gasteiger partial charge in [0.2, 0.25) is 0 Å². The van der Waals surface area contributed by atoms with E-state index in [0.717, 1.165) is 5.52 Å². The van der Waals surface area contributed by atoms with Crippen LogP contribution in [0.2, 0.25) is 0 Å². The van der Waals surface area contributed by atoms with E-state index in [0.29, 0.717) is 0 Å². The zero-order chi connectivity index (χ0) is 8.67. The van der Waals surface area contributed by atoms with Crippen molar-refractivity contribution in [1.29, 1.82) is 0 Å². The Hall–Kier alpha value is -1.48. The van der Waals surface area contributed by atoms with Crippen LogP contribution in [0.25, 0.3) is 21.0 Å². The number of aromatic amines is 1. The first-order chi connectivity index (χ1) is 6.45. The van der Waals surface area contributed by atoms with E-state index in [9.17, 15) is 0 Å². The van der Waals surface area contributed by atoms with Gasteiger partial charge in [-0.2, -0.15) is 0 Å². The highest BCUT2D eigenvalue weighted by molar-refractivity contribution is 7.12. The van der Waals surface area contributed by atoms with Crippen LogP contribution in [-0.2, 0) is 0 Å². The summed E-state index contributed by atoms with van der Waals surface area (Å²) in [6.07, 6.45) is 0. The van der Waals surface area contributed by atoms with Gasteiger partial charge in [-0.05, 0) is 17.5 Å². The lowest BCUT2D eigenvalue weighted by Crippen LogP contribution is -2.00. The van der Waals surface area contributed by atoms with E-state index >= 15 is 0 Å². The van der Waals surface area contributed by atoms with Crippen molar-refractivity contribution in [3.63, 3.8) is 0 Å². The molecule has 0 spiro atoms. The van der Waals surface area contributed by atoms with Crippen LogP contribution in [0.3, 0.4) is 0 Å². The Morgan fingerprint density at radius 3 is 3.00 bits per heavy atom. The number of benzene rings is 2. The van der Waals surface area contributed by atoms with Gasteiger partial charge in [-0.15, -0.1) is 0 Å². The van der Waals surface area contributed by atoms with Gasteiger partial charge >= 0.3 is 0 Å². The molecular formula is C10H7N2S+. The normalized spacial score (nSPS) is 11.1. The second-order valence-electron chi connectivity index (χ2n) is 2.95. The zero-order valence-electron chi connectivity index (χ0n) is 6.82. The van der Waals surface area contributed by atoms with Crippen LogP contribution in [0, 0.1) is 0 Å². The predicted molar refractivity (Wildman–Crippen MR) is 53.7 cm³/mol. The van der Waals surface area contributed by atoms with Crippen molar-refractivity contribution in [3.8, 4) is 0 Å². The lowest BCUT2D eigenvalue weighted by molar-refractivity contribution is -0.412.